The third kappa shape index (κ3) is 4.59. The summed E-state index contributed by atoms with van der Waals surface area (Å²) in [6, 6.07) is 15.2. The minimum Gasteiger partial charge on any atom is -0.478 e. The van der Waals surface area contributed by atoms with Crippen LogP contribution in [0.4, 0.5) is 5.69 Å². The highest BCUT2D eigenvalue weighted by atomic mass is 35.5. The molecule has 3 aromatic rings. The fourth-order valence-corrected chi connectivity index (χ4v) is 4.14. The second-order valence-corrected chi connectivity index (χ2v) is 8.46. The zero-order valence-electron chi connectivity index (χ0n) is 14.6. The molecule has 0 aliphatic rings. The van der Waals surface area contributed by atoms with Crippen molar-refractivity contribution in [3.63, 3.8) is 0 Å². The maximum atomic E-state index is 12.9. The molecule has 0 unspecified atom stereocenters. The van der Waals surface area contributed by atoms with Crippen molar-refractivity contribution in [3.05, 3.63) is 93.5 Å². The number of carbonyl (C=O) groups excluding carboxylic acids is 1. The first kappa shape index (κ1) is 20.9. The van der Waals surface area contributed by atoms with Gasteiger partial charge in [-0.1, -0.05) is 35.3 Å². The smallest absolute Gasteiger partial charge is 0.335 e. The number of ketones is 1. The van der Waals surface area contributed by atoms with Gasteiger partial charge in [0.25, 0.3) is 10.0 Å². The van der Waals surface area contributed by atoms with Crippen molar-refractivity contribution < 1.29 is 23.1 Å². The lowest BCUT2D eigenvalue weighted by atomic mass is 10.0. The first-order valence-corrected chi connectivity index (χ1v) is 10.4. The highest BCUT2D eigenvalue weighted by molar-refractivity contribution is 7.92. The summed E-state index contributed by atoms with van der Waals surface area (Å²) in [5.41, 5.74) is 0.290. The van der Waals surface area contributed by atoms with E-state index in [9.17, 15) is 18.0 Å². The summed E-state index contributed by atoms with van der Waals surface area (Å²) in [6.45, 7) is 0. The molecule has 0 heterocycles. The Bertz CT molecular complexity index is 1210. The van der Waals surface area contributed by atoms with Gasteiger partial charge in [0.2, 0.25) is 0 Å². The van der Waals surface area contributed by atoms with E-state index in [1.54, 1.807) is 12.1 Å². The maximum Gasteiger partial charge on any atom is 0.335 e. The summed E-state index contributed by atoms with van der Waals surface area (Å²) in [7, 11) is -4.06. The average Bonchev–Trinajstić information content (AvgIpc) is 2.68. The number of carboxylic acid groups (broad SMARTS) is 1. The van der Waals surface area contributed by atoms with Crippen molar-refractivity contribution in [2.45, 2.75) is 4.90 Å². The van der Waals surface area contributed by atoms with Gasteiger partial charge in [-0.25, -0.2) is 13.2 Å². The van der Waals surface area contributed by atoms with Crippen LogP contribution in [0.3, 0.4) is 0 Å². The van der Waals surface area contributed by atoms with Gasteiger partial charge in [0.05, 0.1) is 21.2 Å². The summed E-state index contributed by atoms with van der Waals surface area (Å²) in [4.78, 5) is 23.7. The molecule has 0 aliphatic carbocycles. The van der Waals surface area contributed by atoms with E-state index in [0.717, 1.165) is 0 Å². The van der Waals surface area contributed by atoms with Gasteiger partial charge in [-0.2, -0.15) is 0 Å². The molecule has 9 heteroatoms. The summed E-state index contributed by atoms with van der Waals surface area (Å²) in [5.74, 6) is -1.65. The lowest BCUT2D eigenvalue weighted by molar-refractivity contribution is 0.0696. The van der Waals surface area contributed by atoms with Crippen LogP contribution in [0.2, 0.25) is 10.0 Å². The maximum absolute atomic E-state index is 12.9. The number of anilines is 1. The van der Waals surface area contributed by atoms with E-state index >= 15 is 0 Å². The predicted molar refractivity (Wildman–Crippen MR) is 111 cm³/mol. The van der Waals surface area contributed by atoms with E-state index in [1.165, 1.54) is 54.6 Å². The van der Waals surface area contributed by atoms with Crippen molar-refractivity contribution in [1.82, 2.24) is 0 Å². The number of halogens is 2. The number of hydrogen-bond donors (Lipinski definition) is 2. The molecule has 0 saturated carbocycles. The van der Waals surface area contributed by atoms with Gasteiger partial charge in [-0.15, -0.1) is 0 Å². The van der Waals surface area contributed by atoms with Gasteiger partial charge in [0.15, 0.2) is 5.78 Å². The van der Waals surface area contributed by atoms with Gasteiger partial charge in [-0.05, 0) is 54.6 Å². The number of hydrogen-bond acceptors (Lipinski definition) is 4. The van der Waals surface area contributed by atoms with E-state index in [4.69, 9.17) is 28.3 Å². The van der Waals surface area contributed by atoms with Crippen LogP contribution in [0.25, 0.3) is 0 Å². The molecule has 148 valence electrons. The molecule has 2 N–H and O–H groups in total. The quantitative estimate of drug-likeness (QED) is 0.530. The largest absolute Gasteiger partial charge is 0.478 e. The van der Waals surface area contributed by atoms with Gasteiger partial charge < -0.3 is 5.11 Å². The molecule has 0 amide bonds. The summed E-state index contributed by atoms with van der Waals surface area (Å²) in [5, 5.41) is 9.45. The molecule has 0 fully saturated rings. The molecule has 3 aromatic carbocycles. The fourth-order valence-electron chi connectivity index (χ4n) is 2.57. The van der Waals surface area contributed by atoms with Crippen molar-refractivity contribution in [2.75, 3.05) is 4.72 Å². The Hall–Kier alpha value is -2.87. The number of carbonyl (C=O) groups is 2. The molecule has 0 atom stereocenters. The molecular weight excluding hydrogens is 437 g/mol. The Labute approximate surface area is 176 Å². The number of rotatable bonds is 6. The summed E-state index contributed by atoms with van der Waals surface area (Å²) < 4.78 is 27.8. The van der Waals surface area contributed by atoms with Crippen LogP contribution in [-0.2, 0) is 10.0 Å². The highest BCUT2D eigenvalue weighted by Crippen LogP contribution is 2.27. The number of aromatic carboxylic acids is 1. The molecule has 0 bridgehead atoms. The minimum absolute atomic E-state index is 0.0445. The fraction of sp³-hybridized carbons (Fsp3) is 0. The number of sulfonamides is 1. The van der Waals surface area contributed by atoms with E-state index in [1.807, 2.05) is 0 Å². The Morgan fingerprint density at radius 1 is 0.862 bits per heavy atom. The first-order valence-electron chi connectivity index (χ1n) is 8.14. The molecule has 3 rings (SSSR count). The lowest BCUT2D eigenvalue weighted by Gasteiger charge is -2.13. The SMILES string of the molecule is O=C(O)c1ccc(S(=O)(=O)Nc2ccccc2C(=O)c2ccc(Cl)cc2Cl)cc1. The first-order chi connectivity index (χ1) is 13.7. The van der Waals surface area contributed by atoms with E-state index in [2.05, 4.69) is 4.72 Å². The van der Waals surface area contributed by atoms with Crippen LogP contribution in [0.1, 0.15) is 26.3 Å². The number of para-hydroxylation sites is 1. The Kier molecular flexibility index (Phi) is 5.93. The molecular formula is C20H13Cl2NO5S. The predicted octanol–water partition coefficient (Wildman–Crippen LogP) is 4.72. The molecule has 0 saturated heterocycles. The second-order valence-electron chi connectivity index (χ2n) is 5.93. The van der Waals surface area contributed by atoms with Gasteiger partial charge >= 0.3 is 5.97 Å². The summed E-state index contributed by atoms with van der Waals surface area (Å²) in [6.07, 6.45) is 0. The Morgan fingerprint density at radius 3 is 2.14 bits per heavy atom. The van der Waals surface area contributed by atoms with E-state index in [0.29, 0.717) is 5.02 Å². The zero-order valence-corrected chi connectivity index (χ0v) is 16.9. The molecule has 0 aromatic heterocycles. The number of benzene rings is 3. The van der Waals surface area contributed by atoms with Gasteiger partial charge in [0, 0.05) is 16.1 Å². The van der Waals surface area contributed by atoms with Crippen molar-refractivity contribution >= 4 is 50.7 Å². The molecule has 29 heavy (non-hydrogen) atoms. The molecule has 6 nitrogen and oxygen atoms in total. The van der Waals surface area contributed by atoms with E-state index < -0.39 is 21.8 Å². The number of nitrogens with one attached hydrogen (secondary N) is 1. The van der Waals surface area contributed by atoms with Crippen molar-refractivity contribution in [1.29, 1.82) is 0 Å². The monoisotopic (exact) mass is 449 g/mol. The van der Waals surface area contributed by atoms with Crippen molar-refractivity contribution in [2.24, 2.45) is 0 Å². The molecule has 0 spiro atoms. The Morgan fingerprint density at radius 2 is 1.52 bits per heavy atom. The lowest BCUT2D eigenvalue weighted by Crippen LogP contribution is -2.16. The van der Waals surface area contributed by atoms with Crippen LogP contribution < -0.4 is 4.72 Å². The van der Waals surface area contributed by atoms with Crippen LogP contribution >= 0.6 is 23.2 Å². The topological polar surface area (TPSA) is 101 Å². The standard InChI is InChI=1S/C20H13Cl2NO5S/c21-13-7-10-15(17(22)11-13)19(24)16-3-1-2-4-18(16)23-29(27,28)14-8-5-12(6-9-14)20(25)26/h1-11,23H,(H,25,26). The third-order valence-corrected chi connectivity index (χ3v) is 5.93. The molecule has 0 radical (unpaired) electrons. The van der Waals surface area contributed by atoms with E-state index in [-0.39, 0.29) is 32.3 Å². The second kappa shape index (κ2) is 8.24. The highest BCUT2D eigenvalue weighted by Gasteiger charge is 2.21. The Balaban J connectivity index is 1.96. The van der Waals surface area contributed by atoms with Gasteiger partial charge in [-0.3, -0.25) is 9.52 Å². The minimum atomic E-state index is -4.06. The van der Waals surface area contributed by atoms with Crippen molar-refractivity contribution in [3.8, 4) is 0 Å². The normalized spacial score (nSPS) is 11.1. The number of carboxylic acids is 1. The van der Waals surface area contributed by atoms with Crippen LogP contribution in [0.5, 0.6) is 0 Å². The van der Waals surface area contributed by atoms with Crippen LogP contribution in [0, 0.1) is 0 Å². The summed E-state index contributed by atoms with van der Waals surface area (Å²) >= 11 is 12.0. The average molecular weight is 450 g/mol. The van der Waals surface area contributed by atoms with Crippen LogP contribution in [-0.4, -0.2) is 25.3 Å². The zero-order chi connectivity index (χ0) is 21.2. The van der Waals surface area contributed by atoms with Crippen LogP contribution in [0.15, 0.2) is 71.6 Å². The third-order valence-electron chi connectivity index (χ3n) is 4.00. The molecule has 0 aliphatic heterocycles. The van der Waals surface area contributed by atoms with Gasteiger partial charge in [0.1, 0.15) is 0 Å².